The molecular weight excluding hydrogens is 511 g/mol. The molecule has 1 amide bonds. The number of rotatable bonds is 12. The molecule has 3 aromatic rings. The molecule has 1 atom stereocenters. The third kappa shape index (κ3) is 7.43. The van der Waals surface area contributed by atoms with Crippen LogP contribution in [0, 0.1) is 0 Å². The number of carbonyl (C=O) groups excluding carboxylic acids is 1. The monoisotopic (exact) mass is 536 g/mol. The molecule has 3 rings (SSSR count). The van der Waals surface area contributed by atoms with Gasteiger partial charge in [0.1, 0.15) is 11.8 Å². The number of nitrogens with one attached hydrogen (secondary N) is 1. The molecule has 0 saturated carbocycles. The van der Waals surface area contributed by atoms with Crippen LogP contribution >= 0.6 is 23.2 Å². The summed E-state index contributed by atoms with van der Waals surface area (Å²) in [7, 11) is -4.17. The van der Waals surface area contributed by atoms with Gasteiger partial charge in [-0.05, 0) is 60.4 Å². The number of nitrogens with zero attached hydrogens (tertiary/aromatic N) is 1. The van der Waals surface area contributed by atoms with Gasteiger partial charge in [-0.3, -0.25) is 10.0 Å². The standard InChI is InChI=1S/C25H26Cl2N2O5S/c26-15-4-16-34-22-11-13-23(14-12-22)35(32,33)29(18-20-7-9-21(27)10-8-20)24(25(30)28-31)17-19-5-2-1-3-6-19/h1-3,5-14,24,31H,4,15-18H2,(H,28,30)/t24-/m1/s1. The van der Waals surface area contributed by atoms with Gasteiger partial charge in [0.25, 0.3) is 5.91 Å². The van der Waals surface area contributed by atoms with Crippen molar-refractivity contribution in [3.63, 3.8) is 0 Å². The molecule has 2 N–H and O–H groups in total. The molecular formula is C25H26Cl2N2O5S. The van der Waals surface area contributed by atoms with Crippen LogP contribution in [-0.4, -0.2) is 42.4 Å². The van der Waals surface area contributed by atoms with Gasteiger partial charge in [-0.25, -0.2) is 13.9 Å². The number of hydrogen-bond donors (Lipinski definition) is 2. The Morgan fingerprint density at radius 2 is 1.63 bits per heavy atom. The zero-order chi connectivity index (χ0) is 25.3. The minimum Gasteiger partial charge on any atom is -0.494 e. The number of alkyl halides is 1. The van der Waals surface area contributed by atoms with Crippen LogP contribution < -0.4 is 10.2 Å². The molecule has 0 aliphatic carbocycles. The molecule has 0 unspecified atom stereocenters. The zero-order valence-electron chi connectivity index (χ0n) is 18.8. The zero-order valence-corrected chi connectivity index (χ0v) is 21.1. The van der Waals surface area contributed by atoms with Crippen LogP contribution in [0.1, 0.15) is 17.5 Å². The van der Waals surface area contributed by atoms with Gasteiger partial charge in [0.05, 0.1) is 11.5 Å². The first kappa shape index (κ1) is 27.0. The number of carbonyl (C=O) groups is 1. The second-order valence-corrected chi connectivity index (χ2v) is 10.4. The van der Waals surface area contributed by atoms with Crippen molar-refractivity contribution in [2.45, 2.75) is 30.3 Å². The Morgan fingerprint density at radius 1 is 0.971 bits per heavy atom. The minimum atomic E-state index is -4.17. The summed E-state index contributed by atoms with van der Waals surface area (Å²) in [6.45, 7) is 0.298. The number of benzene rings is 3. The Bertz CT molecular complexity index is 1190. The fraction of sp³-hybridized carbons (Fsp3) is 0.240. The Kier molecular flexibility index (Phi) is 9.94. The van der Waals surface area contributed by atoms with Crippen LogP contribution in [0.5, 0.6) is 5.75 Å². The second-order valence-electron chi connectivity index (χ2n) is 7.72. The molecule has 0 radical (unpaired) electrons. The molecule has 0 bridgehead atoms. The molecule has 0 aliphatic rings. The lowest BCUT2D eigenvalue weighted by Crippen LogP contribution is -2.49. The predicted molar refractivity (Wildman–Crippen MR) is 135 cm³/mol. The fourth-order valence-corrected chi connectivity index (χ4v) is 5.27. The maximum atomic E-state index is 13.8. The van der Waals surface area contributed by atoms with E-state index in [0.29, 0.717) is 35.2 Å². The second kappa shape index (κ2) is 12.9. The first-order valence-electron chi connectivity index (χ1n) is 10.9. The highest BCUT2D eigenvalue weighted by Gasteiger charge is 2.36. The molecule has 0 spiro atoms. The van der Waals surface area contributed by atoms with Crippen LogP contribution in [0.15, 0.2) is 83.8 Å². The van der Waals surface area contributed by atoms with Crippen molar-refractivity contribution in [1.29, 1.82) is 0 Å². The van der Waals surface area contributed by atoms with Crippen molar-refractivity contribution < 1.29 is 23.2 Å². The first-order valence-corrected chi connectivity index (χ1v) is 13.2. The molecule has 0 heterocycles. The summed E-state index contributed by atoms with van der Waals surface area (Å²) in [6, 6.07) is 20.4. The molecule has 10 heteroatoms. The minimum absolute atomic E-state index is 0.0139. The lowest BCUT2D eigenvalue weighted by atomic mass is 10.0. The van der Waals surface area contributed by atoms with Crippen LogP contribution in [0.2, 0.25) is 5.02 Å². The van der Waals surface area contributed by atoms with Crippen molar-refractivity contribution in [1.82, 2.24) is 9.79 Å². The lowest BCUT2D eigenvalue weighted by Gasteiger charge is -2.30. The van der Waals surface area contributed by atoms with Crippen molar-refractivity contribution in [3.05, 3.63) is 95.0 Å². The average molecular weight is 537 g/mol. The molecule has 7 nitrogen and oxygen atoms in total. The van der Waals surface area contributed by atoms with Gasteiger partial charge in [-0.2, -0.15) is 4.31 Å². The van der Waals surface area contributed by atoms with Crippen molar-refractivity contribution in [3.8, 4) is 5.75 Å². The maximum Gasteiger partial charge on any atom is 0.262 e. The Balaban J connectivity index is 1.99. The summed E-state index contributed by atoms with van der Waals surface area (Å²) in [4.78, 5) is 12.7. The van der Waals surface area contributed by atoms with E-state index in [0.717, 1.165) is 9.87 Å². The van der Waals surface area contributed by atoms with E-state index in [-0.39, 0.29) is 17.9 Å². The molecule has 35 heavy (non-hydrogen) atoms. The Hall–Kier alpha value is -2.62. The predicted octanol–water partition coefficient (Wildman–Crippen LogP) is 4.66. The van der Waals surface area contributed by atoms with Gasteiger partial charge in [0.2, 0.25) is 10.0 Å². The van der Waals surface area contributed by atoms with Crippen LogP contribution in [0.25, 0.3) is 0 Å². The Morgan fingerprint density at radius 3 is 2.23 bits per heavy atom. The number of hydrogen-bond acceptors (Lipinski definition) is 5. The van der Waals surface area contributed by atoms with Gasteiger partial charge >= 0.3 is 0 Å². The maximum absolute atomic E-state index is 13.8. The summed E-state index contributed by atoms with van der Waals surface area (Å²) >= 11 is 11.7. The molecule has 0 aromatic heterocycles. The summed E-state index contributed by atoms with van der Waals surface area (Å²) in [5.41, 5.74) is 2.99. The van der Waals surface area contributed by atoms with E-state index in [4.69, 9.17) is 27.9 Å². The number of hydroxylamine groups is 1. The third-order valence-electron chi connectivity index (χ3n) is 5.26. The van der Waals surface area contributed by atoms with Crippen LogP contribution in [0.3, 0.4) is 0 Å². The summed E-state index contributed by atoms with van der Waals surface area (Å²) in [6.07, 6.45) is 0.716. The van der Waals surface area contributed by atoms with Crippen LogP contribution in [0.4, 0.5) is 0 Å². The summed E-state index contributed by atoms with van der Waals surface area (Å²) in [5.74, 6) is 0.127. The average Bonchev–Trinajstić information content (AvgIpc) is 2.88. The van der Waals surface area contributed by atoms with Crippen molar-refractivity contribution >= 4 is 39.1 Å². The van der Waals surface area contributed by atoms with E-state index in [1.807, 2.05) is 6.07 Å². The van der Waals surface area contributed by atoms with E-state index in [9.17, 15) is 18.4 Å². The SMILES string of the molecule is O=C(NO)[C@@H](Cc1ccccc1)N(Cc1ccc(Cl)cc1)S(=O)(=O)c1ccc(OCCCCl)cc1. The van der Waals surface area contributed by atoms with E-state index < -0.39 is 22.0 Å². The highest BCUT2D eigenvalue weighted by Crippen LogP contribution is 2.26. The quantitative estimate of drug-likeness (QED) is 0.152. The number of sulfonamides is 1. The summed E-state index contributed by atoms with van der Waals surface area (Å²) < 4.78 is 34.3. The van der Waals surface area contributed by atoms with Gasteiger partial charge in [-0.1, -0.05) is 54.1 Å². The fourth-order valence-electron chi connectivity index (χ4n) is 3.46. The normalized spacial score (nSPS) is 12.3. The molecule has 0 fully saturated rings. The van der Waals surface area contributed by atoms with E-state index in [1.165, 1.54) is 12.1 Å². The largest absolute Gasteiger partial charge is 0.494 e. The van der Waals surface area contributed by atoms with E-state index >= 15 is 0 Å². The number of ether oxygens (including phenoxy) is 1. The van der Waals surface area contributed by atoms with Gasteiger partial charge in [0, 0.05) is 17.4 Å². The number of amides is 1. The van der Waals surface area contributed by atoms with Gasteiger partial charge in [-0.15, -0.1) is 11.6 Å². The Labute approximate surface area is 215 Å². The third-order valence-corrected chi connectivity index (χ3v) is 7.65. The highest BCUT2D eigenvalue weighted by atomic mass is 35.5. The smallest absolute Gasteiger partial charge is 0.262 e. The van der Waals surface area contributed by atoms with Crippen molar-refractivity contribution in [2.24, 2.45) is 0 Å². The first-order chi connectivity index (χ1) is 16.8. The van der Waals surface area contributed by atoms with Crippen molar-refractivity contribution in [2.75, 3.05) is 12.5 Å². The van der Waals surface area contributed by atoms with E-state index in [1.54, 1.807) is 66.1 Å². The molecule has 0 aliphatic heterocycles. The summed E-state index contributed by atoms with van der Waals surface area (Å²) in [5, 5.41) is 9.95. The topological polar surface area (TPSA) is 95.9 Å². The molecule has 186 valence electrons. The van der Waals surface area contributed by atoms with Crippen LogP contribution in [-0.2, 0) is 27.8 Å². The highest BCUT2D eigenvalue weighted by molar-refractivity contribution is 7.89. The number of halogens is 2. The van der Waals surface area contributed by atoms with E-state index in [2.05, 4.69) is 0 Å². The molecule has 3 aromatic carbocycles. The van der Waals surface area contributed by atoms with Gasteiger partial charge in [0.15, 0.2) is 0 Å². The van der Waals surface area contributed by atoms with Gasteiger partial charge < -0.3 is 4.74 Å². The lowest BCUT2D eigenvalue weighted by molar-refractivity contribution is -0.133. The molecule has 0 saturated heterocycles.